The predicted octanol–water partition coefficient (Wildman–Crippen LogP) is 6.44. The van der Waals surface area contributed by atoms with E-state index >= 15 is 0 Å². The molecule has 2 nitrogen and oxygen atoms in total. The number of fused-ring (bicyclic) bond motifs is 1. The minimum absolute atomic E-state index is 0.00698. The topological polar surface area (TPSA) is 29.1 Å². The van der Waals surface area contributed by atoms with Gasteiger partial charge in [0.25, 0.3) is 0 Å². The summed E-state index contributed by atoms with van der Waals surface area (Å²) in [6, 6.07) is 8.53. The summed E-state index contributed by atoms with van der Waals surface area (Å²) in [5, 5.41) is 3.63. The van der Waals surface area contributed by atoms with Crippen LogP contribution in [0.25, 0.3) is 5.70 Å². The third kappa shape index (κ3) is 5.96. The molecule has 1 aromatic rings. The van der Waals surface area contributed by atoms with Crippen LogP contribution < -0.4 is 5.32 Å². The van der Waals surface area contributed by atoms with Crippen LogP contribution in [0.4, 0.5) is 0 Å². The summed E-state index contributed by atoms with van der Waals surface area (Å²) in [6.45, 7) is 4.44. The van der Waals surface area contributed by atoms with Gasteiger partial charge in [0, 0.05) is 28.8 Å². The van der Waals surface area contributed by atoms with Gasteiger partial charge in [-0.1, -0.05) is 82.1 Å². The molecule has 0 aromatic heterocycles. The molecule has 27 heavy (non-hydrogen) atoms. The quantitative estimate of drug-likeness (QED) is 0.609. The first kappa shape index (κ1) is 20.2. The Morgan fingerprint density at radius 3 is 2.11 bits per heavy atom. The Morgan fingerprint density at radius 1 is 0.926 bits per heavy atom. The Kier molecular flexibility index (Phi) is 7.15. The van der Waals surface area contributed by atoms with Crippen molar-refractivity contribution in [3.8, 4) is 0 Å². The number of carbonyl (C=O) groups excluding carboxylic acids is 1. The van der Waals surface area contributed by atoms with Crippen LogP contribution in [0, 0.1) is 5.92 Å². The van der Waals surface area contributed by atoms with Crippen LogP contribution >= 0.6 is 0 Å². The molecule has 3 rings (SSSR count). The summed E-state index contributed by atoms with van der Waals surface area (Å²) in [4.78, 5) is 13.2. The van der Waals surface area contributed by atoms with E-state index in [2.05, 4.69) is 43.4 Å². The highest BCUT2D eigenvalue weighted by molar-refractivity contribution is 5.98. The third-order valence-corrected chi connectivity index (χ3v) is 6.21. The molecule has 1 aliphatic carbocycles. The standard InChI is InChI=1S/C25H37NO/c1-25(2)19-21-16-12-13-17-22(21)23(26-25)18-24(27)20-14-10-8-6-4-3-5-7-9-11-15-20/h12-13,16-18,20,26H,3-11,14-15,19H2,1-2H3/b23-18+. The molecule has 1 heterocycles. The van der Waals surface area contributed by atoms with Crippen LogP contribution in [0.1, 0.15) is 95.6 Å². The molecule has 2 heteroatoms. The van der Waals surface area contributed by atoms with E-state index in [1.54, 1.807) is 0 Å². The monoisotopic (exact) mass is 367 g/mol. The first-order valence-corrected chi connectivity index (χ1v) is 11.2. The highest BCUT2D eigenvalue weighted by Gasteiger charge is 2.28. The number of hydrogen-bond acceptors (Lipinski definition) is 2. The number of hydrogen-bond donors (Lipinski definition) is 1. The highest BCUT2D eigenvalue weighted by Crippen LogP contribution is 2.30. The lowest BCUT2D eigenvalue weighted by molar-refractivity contribution is -0.118. The summed E-state index contributed by atoms with van der Waals surface area (Å²) < 4.78 is 0. The van der Waals surface area contributed by atoms with Crippen molar-refractivity contribution in [3.05, 3.63) is 41.5 Å². The number of ketones is 1. The molecule has 1 aliphatic heterocycles. The lowest BCUT2D eigenvalue weighted by Crippen LogP contribution is -2.44. The predicted molar refractivity (Wildman–Crippen MR) is 115 cm³/mol. The largest absolute Gasteiger partial charge is 0.379 e. The van der Waals surface area contributed by atoms with Gasteiger partial charge in [-0.2, -0.15) is 0 Å². The molecule has 0 radical (unpaired) electrons. The van der Waals surface area contributed by atoms with Crippen molar-refractivity contribution in [1.82, 2.24) is 5.32 Å². The van der Waals surface area contributed by atoms with Gasteiger partial charge in [0.1, 0.15) is 0 Å². The molecule has 0 saturated heterocycles. The zero-order valence-electron chi connectivity index (χ0n) is 17.4. The van der Waals surface area contributed by atoms with Crippen molar-refractivity contribution in [2.24, 2.45) is 5.92 Å². The maximum Gasteiger partial charge on any atom is 0.160 e. The molecule has 148 valence electrons. The van der Waals surface area contributed by atoms with Gasteiger partial charge in [-0.05, 0) is 38.7 Å². The molecular formula is C25H37NO. The molecule has 0 amide bonds. The second-order valence-corrected chi connectivity index (χ2v) is 9.26. The van der Waals surface area contributed by atoms with E-state index in [1.807, 2.05) is 6.08 Å². The minimum atomic E-state index is -0.00698. The van der Waals surface area contributed by atoms with Gasteiger partial charge >= 0.3 is 0 Å². The average Bonchev–Trinajstić information content (AvgIpc) is 2.61. The summed E-state index contributed by atoms with van der Waals surface area (Å²) in [5.41, 5.74) is 3.57. The van der Waals surface area contributed by atoms with Crippen LogP contribution in [0.5, 0.6) is 0 Å². The zero-order chi connectivity index (χ0) is 19.1. The highest BCUT2D eigenvalue weighted by atomic mass is 16.1. The first-order chi connectivity index (χ1) is 13.1. The maximum atomic E-state index is 13.2. The SMILES string of the molecule is CC1(C)Cc2ccccc2/C(=C\C(=O)C2CCCCCCCCCCC2)N1. The molecular weight excluding hydrogens is 330 g/mol. The molecule has 2 aliphatic rings. The fourth-order valence-electron chi connectivity index (χ4n) is 4.71. The van der Waals surface area contributed by atoms with E-state index in [1.165, 1.54) is 68.9 Å². The van der Waals surface area contributed by atoms with Crippen molar-refractivity contribution in [2.75, 3.05) is 0 Å². The second-order valence-electron chi connectivity index (χ2n) is 9.26. The smallest absolute Gasteiger partial charge is 0.160 e. The lowest BCUT2D eigenvalue weighted by Gasteiger charge is -2.35. The zero-order valence-corrected chi connectivity index (χ0v) is 17.4. The summed E-state index contributed by atoms with van der Waals surface area (Å²) in [5.74, 6) is 0.540. The molecule has 0 spiro atoms. The lowest BCUT2D eigenvalue weighted by atomic mass is 9.84. The summed E-state index contributed by atoms with van der Waals surface area (Å²) >= 11 is 0. The van der Waals surface area contributed by atoms with E-state index in [9.17, 15) is 4.79 Å². The van der Waals surface area contributed by atoms with Crippen molar-refractivity contribution < 1.29 is 4.79 Å². The van der Waals surface area contributed by atoms with Crippen LogP contribution in [-0.4, -0.2) is 11.3 Å². The van der Waals surface area contributed by atoms with Gasteiger partial charge < -0.3 is 5.32 Å². The molecule has 1 fully saturated rings. The van der Waals surface area contributed by atoms with Gasteiger partial charge in [-0.3, -0.25) is 4.79 Å². The van der Waals surface area contributed by atoms with Gasteiger partial charge in [0.05, 0.1) is 0 Å². The number of carbonyl (C=O) groups is 1. The fraction of sp³-hybridized carbons (Fsp3) is 0.640. The fourth-order valence-corrected chi connectivity index (χ4v) is 4.71. The van der Waals surface area contributed by atoms with Crippen LogP contribution in [0.3, 0.4) is 0 Å². The Balaban J connectivity index is 1.74. The molecule has 0 bridgehead atoms. The van der Waals surface area contributed by atoms with E-state index in [0.29, 0.717) is 5.78 Å². The number of allylic oxidation sites excluding steroid dienone is 1. The first-order valence-electron chi connectivity index (χ1n) is 11.2. The van der Waals surface area contributed by atoms with Crippen LogP contribution in [0.2, 0.25) is 0 Å². The average molecular weight is 368 g/mol. The van der Waals surface area contributed by atoms with Gasteiger partial charge in [0.2, 0.25) is 0 Å². The van der Waals surface area contributed by atoms with Crippen molar-refractivity contribution >= 4 is 11.5 Å². The Bertz CT molecular complexity index is 646. The number of nitrogens with one attached hydrogen (secondary N) is 1. The van der Waals surface area contributed by atoms with E-state index < -0.39 is 0 Å². The van der Waals surface area contributed by atoms with Crippen molar-refractivity contribution in [2.45, 2.75) is 96.4 Å². The Hall–Kier alpha value is -1.57. The van der Waals surface area contributed by atoms with Crippen LogP contribution in [0.15, 0.2) is 30.3 Å². The van der Waals surface area contributed by atoms with Crippen molar-refractivity contribution in [3.63, 3.8) is 0 Å². The summed E-state index contributed by atoms with van der Waals surface area (Å²) in [6.07, 6.45) is 16.9. The summed E-state index contributed by atoms with van der Waals surface area (Å²) in [7, 11) is 0. The second kappa shape index (κ2) is 9.57. The van der Waals surface area contributed by atoms with E-state index in [0.717, 1.165) is 25.0 Å². The van der Waals surface area contributed by atoms with Gasteiger partial charge in [0.15, 0.2) is 5.78 Å². The Morgan fingerprint density at radius 2 is 1.48 bits per heavy atom. The molecule has 1 saturated carbocycles. The number of rotatable bonds is 2. The van der Waals surface area contributed by atoms with Crippen molar-refractivity contribution in [1.29, 1.82) is 0 Å². The van der Waals surface area contributed by atoms with E-state index in [4.69, 9.17) is 0 Å². The third-order valence-electron chi connectivity index (χ3n) is 6.21. The minimum Gasteiger partial charge on any atom is -0.379 e. The maximum absolute atomic E-state index is 13.2. The Labute approximate surface area is 165 Å². The molecule has 0 atom stereocenters. The molecule has 0 unspecified atom stereocenters. The number of benzene rings is 1. The van der Waals surface area contributed by atoms with Gasteiger partial charge in [-0.25, -0.2) is 0 Å². The molecule has 1 aromatic carbocycles. The van der Waals surface area contributed by atoms with E-state index in [-0.39, 0.29) is 11.5 Å². The molecule has 1 N–H and O–H groups in total. The van der Waals surface area contributed by atoms with Crippen LogP contribution in [-0.2, 0) is 11.2 Å². The normalized spacial score (nSPS) is 23.6. The van der Waals surface area contributed by atoms with Gasteiger partial charge in [-0.15, -0.1) is 0 Å².